The quantitative estimate of drug-likeness (QED) is 0.852. The third kappa shape index (κ3) is 2.45. The molecule has 22 heavy (non-hydrogen) atoms. The normalized spacial score (nSPS) is 14.0. The lowest BCUT2D eigenvalue weighted by Gasteiger charge is -2.08. The Labute approximate surface area is 135 Å². The number of aliphatic hydroxyl groups is 1. The third-order valence-electron chi connectivity index (χ3n) is 3.62. The Bertz CT molecular complexity index is 681. The average molecular weight is 338 g/mol. The zero-order valence-electron chi connectivity index (χ0n) is 12.0. The van der Waals surface area contributed by atoms with E-state index in [2.05, 4.69) is 0 Å². The third-order valence-corrected chi connectivity index (χ3v) is 6.01. The number of methoxy groups -OCH3 is 2. The lowest BCUT2D eigenvalue weighted by atomic mass is 10.0. The van der Waals surface area contributed by atoms with E-state index in [0.717, 1.165) is 33.7 Å². The molecule has 0 spiro atoms. The summed E-state index contributed by atoms with van der Waals surface area (Å²) in [7, 11) is 2.67. The minimum Gasteiger partial charge on any atom is -0.465 e. The topological polar surface area (TPSA) is 72.8 Å². The molecule has 0 atom stereocenters. The highest BCUT2D eigenvalue weighted by Gasteiger charge is 2.28. The second-order valence-corrected chi connectivity index (χ2v) is 7.14. The summed E-state index contributed by atoms with van der Waals surface area (Å²) in [6, 6.07) is 3.36. The van der Waals surface area contributed by atoms with Crippen LogP contribution in [-0.4, -0.2) is 31.3 Å². The van der Waals surface area contributed by atoms with Crippen molar-refractivity contribution in [2.24, 2.45) is 0 Å². The van der Waals surface area contributed by atoms with E-state index in [-0.39, 0.29) is 0 Å². The molecule has 0 aromatic carbocycles. The first-order valence-electron chi connectivity index (χ1n) is 6.65. The summed E-state index contributed by atoms with van der Waals surface area (Å²) in [5, 5.41) is 10.6. The Morgan fingerprint density at radius 3 is 1.77 bits per heavy atom. The second-order valence-electron chi connectivity index (χ2n) is 4.86. The molecule has 0 saturated carbocycles. The molecule has 1 aliphatic carbocycles. The van der Waals surface area contributed by atoms with Crippen LogP contribution in [0.5, 0.6) is 0 Å². The summed E-state index contributed by atoms with van der Waals surface area (Å²) in [5.41, 5.74) is 1.44. The summed E-state index contributed by atoms with van der Waals surface area (Å²) < 4.78 is 9.46. The van der Waals surface area contributed by atoms with E-state index in [1.54, 1.807) is 12.1 Å². The molecule has 0 saturated heterocycles. The summed E-state index contributed by atoms with van der Waals surface area (Å²) in [5.74, 6) is -0.794. The fourth-order valence-corrected chi connectivity index (χ4v) is 4.76. The van der Waals surface area contributed by atoms with Crippen molar-refractivity contribution >= 4 is 34.6 Å². The summed E-state index contributed by atoms with van der Waals surface area (Å²) in [4.78, 5) is 26.2. The molecule has 3 rings (SSSR count). The van der Waals surface area contributed by atoms with Crippen molar-refractivity contribution in [3.05, 3.63) is 42.8 Å². The maximum Gasteiger partial charge on any atom is 0.348 e. The number of carbonyl (C=O) groups excluding carboxylic acids is 2. The van der Waals surface area contributed by atoms with E-state index in [4.69, 9.17) is 9.47 Å². The first kappa shape index (κ1) is 15.2. The Morgan fingerprint density at radius 2 is 1.41 bits per heavy atom. The molecule has 1 aliphatic rings. The Hall–Kier alpha value is -1.70. The second kappa shape index (κ2) is 5.83. The first-order chi connectivity index (χ1) is 10.5. The smallest absolute Gasteiger partial charge is 0.348 e. The van der Waals surface area contributed by atoms with Gasteiger partial charge < -0.3 is 14.6 Å². The van der Waals surface area contributed by atoms with Gasteiger partial charge in [0.1, 0.15) is 15.9 Å². The van der Waals surface area contributed by atoms with E-state index in [0.29, 0.717) is 9.75 Å². The highest BCUT2D eigenvalue weighted by atomic mass is 32.1. The molecule has 2 heterocycles. The van der Waals surface area contributed by atoms with Gasteiger partial charge in [0.25, 0.3) is 0 Å². The maximum absolute atomic E-state index is 11.6. The van der Waals surface area contributed by atoms with Crippen LogP contribution in [0.3, 0.4) is 0 Å². The molecule has 2 aromatic rings. The number of fused-ring (bicyclic) bond motifs is 2. The van der Waals surface area contributed by atoms with Crippen LogP contribution < -0.4 is 0 Å². The number of thiophene rings is 2. The molecule has 2 aromatic heterocycles. The van der Waals surface area contributed by atoms with Crippen LogP contribution in [0.2, 0.25) is 0 Å². The Morgan fingerprint density at radius 1 is 1.00 bits per heavy atom. The van der Waals surface area contributed by atoms with Gasteiger partial charge in [-0.3, -0.25) is 0 Å². The monoisotopic (exact) mass is 338 g/mol. The summed E-state index contributed by atoms with van der Waals surface area (Å²) in [6.45, 7) is 0. The summed E-state index contributed by atoms with van der Waals surface area (Å²) in [6.07, 6.45) is 0.612. The van der Waals surface area contributed by atoms with Gasteiger partial charge in [0.2, 0.25) is 0 Å². The minimum absolute atomic E-state index is 0.397. The number of hydrogen-bond donors (Lipinski definition) is 1. The first-order valence-corrected chi connectivity index (χ1v) is 8.28. The van der Waals surface area contributed by atoms with Crippen LogP contribution in [-0.2, 0) is 22.3 Å². The molecular formula is C15H14O5S2. The fourth-order valence-electron chi connectivity index (χ4n) is 2.54. The number of esters is 2. The van der Waals surface area contributed by atoms with Crippen LogP contribution in [0.15, 0.2) is 12.1 Å². The predicted molar refractivity (Wildman–Crippen MR) is 82.8 cm³/mol. The zero-order valence-corrected chi connectivity index (χ0v) is 13.7. The Kier molecular flexibility index (Phi) is 4.03. The predicted octanol–water partition coefficient (Wildman–Crippen LogP) is 2.56. The van der Waals surface area contributed by atoms with Gasteiger partial charge in [0, 0.05) is 9.75 Å². The van der Waals surface area contributed by atoms with Crippen molar-refractivity contribution in [2.75, 3.05) is 14.2 Å². The maximum atomic E-state index is 11.6. The van der Waals surface area contributed by atoms with Gasteiger partial charge in [-0.05, 0) is 36.1 Å². The lowest BCUT2D eigenvalue weighted by molar-refractivity contribution is 0.0597. The fraction of sp³-hybridized carbons (Fsp3) is 0.333. The standard InChI is InChI=1S/C15H14O5S2/c1-19-14(17)11-5-7-9(21-11)3-4-10-8(13(7)16)6-12(22-10)15(18)20-2/h5-6,13,16H,3-4H2,1-2H3. The minimum atomic E-state index is -0.836. The molecule has 0 unspecified atom stereocenters. The van der Waals surface area contributed by atoms with Crippen LogP contribution in [0.4, 0.5) is 0 Å². The highest BCUT2D eigenvalue weighted by molar-refractivity contribution is 7.14. The molecule has 0 radical (unpaired) electrons. The van der Waals surface area contributed by atoms with E-state index >= 15 is 0 Å². The number of rotatable bonds is 2. The van der Waals surface area contributed by atoms with Crippen molar-refractivity contribution in [1.29, 1.82) is 0 Å². The van der Waals surface area contributed by atoms with Gasteiger partial charge >= 0.3 is 11.9 Å². The molecule has 0 fully saturated rings. The summed E-state index contributed by atoms with van der Waals surface area (Å²) >= 11 is 2.71. The van der Waals surface area contributed by atoms with Gasteiger partial charge in [-0.15, -0.1) is 22.7 Å². The molecule has 7 heteroatoms. The molecule has 0 amide bonds. The van der Waals surface area contributed by atoms with Gasteiger partial charge in [-0.2, -0.15) is 0 Å². The number of ether oxygens (including phenoxy) is 2. The molecule has 5 nitrogen and oxygen atoms in total. The van der Waals surface area contributed by atoms with Crippen LogP contribution >= 0.6 is 22.7 Å². The number of aryl methyl sites for hydroxylation is 2. The van der Waals surface area contributed by atoms with Crippen molar-refractivity contribution in [2.45, 2.75) is 18.9 Å². The van der Waals surface area contributed by atoms with Crippen LogP contribution in [0, 0.1) is 0 Å². The molecule has 0 bridgehead atoms. The van der Waals surface area contributed by atoms with Gasteiger partial charge in [0.15, 0.2) is 0 Å². The number of hydrogen-bond acceptors (Lipinski definition) is 7. The zero-order chi connectivity index (χ0) is 15.9. The highest BCUT2D eigenvalue weighted by Crippen LogP contribution is 2.40. The largest absolute Gasteiger partial charge is 0.465 e. The molecular weight excluding hydrogens is 324 g/mol. The molecule has 116 valence electrons. The molecule has 0 aliphatic heterocycles. The number of aliphatic hydroxyl groups excluding tert-OH is 1. The van der Waals surface area contributed by atoms with E-state index < -0.39 is 18.0 Å². The van der Waals surface area contributed by atoms with Gasteiger partial charge in [0.05, 0.1) is 14.2 Å². The Balaban J connectivity index is 2.01. The van der Waals surface area contributed by atoms with Gasteiger partial charge in [-0.25, -0.2) is 9.59 Å². The SMILES string of the molecule is COC(=O)c1cc2c(s1)CCc1sc(C(=O)OC)cc1C2O. The number of carbonyl (C=O) groups is 2. The van der Waals surface area contributed by atoms with E-state index in [1.165, 1.54) is 36.9 Å². The average Bonchev–Trinajstić information content (AvgIpc) is 3.12. The van der Waals surface area contributed by atoms with Crippen molar-refractivity contribution in [1.82, 2.24) is 0 Å². The van der Waals surface area contributed by atoms with Crippen LogP contribution in [0.25, 0.3) is 0 Å². The van der Waals surface area contributed by atoms with Crippen molar-refractivity contribution in [3.8, 4) is 0 Å². The lowest BCUT2D eigenvalue weighted by Crippen LogP contribution is -2.01. The van der Waals surface area contributed by atoms with Crippen molar-refractivity contribution < 1.29 is 24.2 Å². The van der Waals surface area contributed by atoms with E-state index in [1.807, 2.05) is 0 Å². The van der Waals surface area contributed by atoms with Crippen molar-refractivity contribution in [3.63, 3.8) is 0 Å². The van der Waals surface area contributed by atoms with Gasteiger partial charge in [-0.1, -0.05) is 0 Å². The van der Waals surface area contributed by atoms with Crippen LogP contribution in [0.1, 0.15) is 46.3 Å². The molecule has 1 N–H and O–H groups in total. The van der Waals surface area contributed by atoms with E-state index in [9.17, 15) is 14.7 Å².